The van der Waals surface area contributed by atoms with Gasteiger partial charge in [0.2, 0.25) is 5.91 Å². The molecular weight excluding hydrogens is 266 g/mol. The van der Waals surface area contributed by atoms with E-state index in [4.69, 9.17) is 5.73 Å². The quantitative estimate of drug-likeness (QED) is 0.750. The summed E-state index contributed by atoms with van der Waals surface area (Å²) in [6, 6.07) is 6.35. The highest BCUT2D eigenvalue weighted by atomic mass is 16.2. The molecule has 0 saturated carbocycles. The zero-order chi connectivity index (χ0) is 16.0. The summed E-state index contributed by atoms with van der Waals surface area (Å²) in [5, 5.41) is 5.57. The maximum absolute atomic E-state index is 12.0. The maximum atomic E-state index is 12.0. The average Bonchev–Trinajstić information content (AvgIpc) is 2.45. The van der Waals surface area contributed by atoms with Gasteiger partial charge in [-0.25, -0.2) is 0 Å². The first-order valence-corrected chi connectivity index (χ1v) is 7.32. The molecule has 2 atom stereocenters. The van der Waals surface area contributed by atoms with Crippen LogP contribution in [0.3, 0.4) is 0 Å². The van der Waals surface area contributed by atoms with Gasteiger partial charge in [0.1, 0.15) is 0 Å². The molecule has 21 heavy (non-hydrogen) atoms. The highest BCUT2D eigenvalue weighted by Crippen LogP contribution is 2.13. The molecule has 0 heterocycles. The predicted molar refractivity (Wildman–Crippen MR) is 85.1 cm³/mol. The molecule has 0 aliphatic carbocycles. The summed E-state index contributed by atoms with van der Waals surface area (Å²) in [4.78, 5) is 24.0. The van der Waals surface area contributed by atoms with Gasteiger partial charge in [-0.3, -0.25) is 9.59 Å². The number of carbonyl (C=O) groups excluding carboxylic acids is 2. The molecule has 0 aliphatic heterocycles. The third-order valence-electron chi connectivity index (χ3n) is 3.37. The van der Waals surface area contributed by atoms with E-state index in [2.05, 4.69) is 10.6 Å². The monoisotopic (exact) mass is 291 g/mol. The van der Waals surface area contributed by atoms with E-state index in [-0.39, 0.29) is 23.8 Å². The lowest BCUT2D eigenvalue weighted by Gasteiger charge is -2.18. The molecule has 0 spiro atoms. The lowest BCUT2D eigenvalue weighted by molar-refractivity contribution is -0.118. The molecule has 1 aromatic rings. The number of nitrogens with one attached hydrogen (secondary N) is 2. The normalized spacial score (nSPS) is 13.6. The number of benzene rings is 1. The molecule has 1 unspecified atom stereocenters. The van der Waals surface area contributed by atoms with Gasteiger partial charge in [-0.15, -0.1) is 0 Å². The van der Waals surface area contributed by atoms with Crippen LogP contribution in [0.4, 0.5) is 5.69 Å². The Kier molecular flexibility index (Phi) is 6.37. The third-order valence-corrected chi connectivity index (χ3v) is 3.37. The van der Waals surface area contributed by atoms with Crippen molar-refractivity contribution in [3.05, 3.63) is 29.8 Å². The molecule has 1 rings (SSSR count). The van der Waals surface area contributed by atoms with Gasteiger partial charge in [0.15, 0.2) is 0 Å². The number of carbonyl (C=O) groups is 2. The van der Waals surface area contributed by atoms with Crippen molar-refractivity contribution in [2.75, 3.05) is 5.32 Å². The largest absolute Gasteiger partial charge is 0.350 e. The van der Waals surface area contributed by atoms with Crippen LogP contribution >= 0.6 is 0 Å². The smallest absolute Gasteiger partial charge is 0.251 e. The van der Waals surface area contributed by atoms with Crippen LogP contribution in [0.25, 0.3) is 0 Å². The van der Waals surface area contributed by atoms with Gasteiger partial charge in [-0.2, -0.15) is 0 Å². The standard InChI is InChI=1S/C16H25N3O2/c1-5-11(4)14(17)16(21)19-13-8-6-7-12(9-13)15(20)18-10(2)3/h6-11,14H,5,17H2,1-4H3,(H,18,20)(H,19,21)/t11?,14-/m0/s1. The van der Waals surface area contributed by atoms with Crippen molar-refractivity contribution >= 4 is 17.5 Å². The Morgan fingerprint density at radius 1 is 1.24 bits per heavy atom. The van der Waals surface area contributed by atoms with Crippen molar-refractivity contribution in [2.45, 2.75) is 46.2 Å². The van der Waals surface area contributed by atoms with E-state index in [1.165, 1.54) is 0 Å². The van der Waals surface area contributed by atoms with Gasteiger partial charge < -0.3 is 16.4 Å². The molecule has 0 bridgehead atoms. The Hall–Kier alpha value is -1.88. The van der Waals surface area contributed by atoms with Crippen LogP contribution in [-0.4, -0.2) is 23.9 Å². The van der Waals surface area contributed by atoms with Gasteiger partial charge in [0.25, 0.3) is 5.91 Å². The van der Waals surface area contributed by atoms with E-state index in [1.807, 2.05) is 27.7 Å². The zero-order valence-corrected chi connectivity index (χ0v) is 13.1. The van der Waals surface area contributed by atoms with E-state index in [0.29, 0.717) is 11.3 Å². The van der Waals surface area contributed by atoms with Crippen LogP contribution in [-0.2, 0) is 4.79 Å². The highest BCUT2D eigenvalue weighted by Gasteiger charge is 2.19. The minimum atomic E-state index is -0.553. The highest BCUT2D eigenvalue weighted by molar-refractivity contribution is 5.98. The van der Waals surface area contributed by atoms with Gasteiger partial charge in [0, 0.05) is 17.3 Å². The summed E-state index contributed by atoms with van der Waals surface area (Å²) in [7, 11) is 0. The van der Waals surface area contributed by atoms with E-state index in [1.54, 1.807) is 24.3 Å². The molecule has 0 fully saturated rings. The molecule has 4 N–H and O–H groups in total. The van der Waals surface area contributed by atoms with Crippen LogP contribution in [0.5, 0.6) is 0 Å². The third kappa shape index (κ3) is 5.19. The zero-order valence-electron chi connectivity index (χ0n) is 13.1. The van der Waals surface area contributed by atoms with Gasteiger partial charge in [-0.05, 0) is 38.0 Å². The molecule has 0 radical (unpaired) electrons. The van der Waals surface area contributed by atoms with Crippen molar-refractivity contribution in [2.24, 2.45) is 11.7 Å². The number of amides is 2. The molecule has 116 valence electrons. The molecular formula is C16H25N3O2. The Labute approximate surface area is 126 Å². The van der Waals surface area contributed by atoms with E-state index >= 15 is 0 Å². The first kappa shape index (κ1) is 17.2. The molecule has 0 saturated heterocycles. The minimum absolute atomic E-state index is 0.0644. The van der Waals surface area contributed by atoms with Crippen LogP contribution in [0.15, 0.2) is 24.3 Å². The molecule has 0 aliphatic rings. The Balaban J connectivity index is 2.77. The van der Waals surface area contributed by atoms with Crippen molar-refractivity contribution < 1.29 is 9.59 Å². The average molecular weight is 291 g/mol. The fraction of sp³-hybridized carbons (Fsp3) is 0.500. The maximum Gasteiger partial charge on any atom is 0.251 e. The Morgan fingerprint density at radius 3 is 2.48 bits per heavy atom. The van der Waals surface area contributed by atoms with Crippen molar-refractivity contribution in [3.8, 4) is 0 Å². The van der Waals surface area contributed by atoms with Crippen LogP contribution in [0, 0.1) is 5.92 Å². The second-order valence-electron chi connectivity index (χ2n) is 5.61. The molecule has 5 heteroatoms. The Morgan fingerprint density at radius 2 is 1.90 bits per heavy atom. The van der Waals surface area contributed by atoms with Crippen LogP contribution in [0.2, 0.25) is 0 Å². The predicted octanol–water partition coefficient (Wildman–Crippen LogP) is 2.14. The van der Waals surface area contributed by atoms with Crippen molar-refractivity contribution in [1.29, 1.82) is 0 Å². The molecule has 0 aromatic heterocycles. The number of hydrogen-bond donors (Lipinski definition) is 3. The summed E-state index contributed by atoms with van der Waals surface area (Å²) in [5.41, 5.74) is 6.98. The lowest BCUT2D eigenvalue weighted by Crippen LogP contribution is -2.40. The molecule has 1 aromatic carbocycles. The van der Waals surface area contributed by atoms with Gasteiger partial charge in [-0.1, -0.05) is 26.3 Å². The number of nitrogens with two attached hydrogens (primary N) is 1. The summed E-state index contributed by atoms with van der Waals surface area (Å²) in [6.45, 7) is 7.73. The van der Waals surface area contributed by atoms with E-state index in [9.17, 15) is 9.59 Å². The Bertz CT molecular complexity index is 500. The van der Waals surface area contributed by atoms with Gasteiger partial charge in [0.05, 0.1) is 6.04 Å². The molecule has 2 amide bonds. The number of hydrogen-bond acceptors (Lipinski definition) is 3. The first-order chi connectivity index (χ1) is 9.85. The summed E-state index contributed by atoms with van der Waals surface area (Å²) >= 11 is 0. The van der Waals surface area contributed by atoms with Crippen molar-refractivity contribution in [3.63, 3.8) is 0 Å². The van der Waals surface area contributed by atoms with Crippen LogP contribution in [0.1, 0.15) is 44.5 Å². The van der Waals surface area contributed by atoms with Crippen LogP contribution < -0.4 is 16.4 Å². The van der Waals surface area contributed by atoms with Crippen molar-refractivity contribution in [1.82, 2.24) is 5.32 Å². The fourth-order valence-corrected chi connectivity index (χ4v) is 1.82. The van der Waals surface area contributed by atoms with Gasteiger partial charge >= 0.3 is 0 Å². The summed E-state index contributed by atoms with van der Waals surface area (Å²) in [6.07, 6.45) is 0.839. The number of anilines is 1. The van der Waals surface area contributed by atoms with E-state index < -0.39 is 6.04 Å². The minimum Gasteiger partial charge on any atom is -0.350 e. The fourth-order valence-electron chi connectivity index (χ4n) is 1.82. The topological polar surface area (TPSA) is 84.2 Å². The SMILES string of the molecule is CCC(C)[C@H](N)C(=O)Nc1cccc(C(=O)NC(C)C)c1. The number of rotatable bonds is 6. The summed E-state index contributed by atoms with van der Waals surface area (Å²) in [5.74, 6) is -0.282. The lowest BCUT2D eigenvalue weighted by atomic mass is 9.99. The second kappa shape index (κ2) is 7.78. The first-order valence-electron chi connectivity index (χ1n) is 7.32. The van der Waals surface area contributed by atoms with E-state index in [0.717, 1.165) is 6.42 Å². The summed E-state index contributed by atoms with van der Waals surface area (Å²) < 4.78 is 0. The second-order valence-corrected chi connectivity index (χ2v) is 5.61. The molecule has 5 nitrogen and oxygen atoms in total.